The minimum atomic E-state index is -0.435. The van der Waals surface area contributed by atoms with Crippen molar-refractivity contribution in [3.63, 3.8) is 0 Å². The van der Waals surface area contributed by atoms with Crippen LogP contribution in [0.4, 0.5) is 10.2 Å². The molecule has 1 aromatic carbocycles. The number of nitrogens with one attached hydrogen (secondary N) is 1. The van der Waals surface area contributed by atoms with Crippen molar-refractivity contribution in [1.82, 2.24) is 9.97 Å². The summed E-state index contributed by atoms with van der Waals surface area (Å²) in [6.45, 7) is 0.739. The number of anilines is 1. The average molecular weight is 305 g/mol. The second-order valence-corrected chi connectivity index (χ2v) is 5.79. The van der Waals surface area contributed by atoms with Crippen molar-refractivity contribution >= 4 is 16.7 Å². The summed E-state index contributed by atoms with van der Waals surface area (Å²) in [7, 11) is 1.44. The fraction of sp³-hybridized carbons (Fsp3) is 0.500. The first-order chi connectivity index (χ1) is 10.7. The smallest absolute Gasteiger partial charge is 0.167 e. The van der Waals surface area contributed by atoms with Crippen LogP contribution in [-0.4, -0.2) is 34.8 Å². The molecular formula is C16H20FN3O2. The molecule has 0 aliphatic heterocycles. The van der Waals surface area contributed by atoms with Crippen molar-refractivity contribution in [2.75, 3.05) is 19.0 Å². The molecule has 1 aliphatic rings. The zero-order valence-electron chi connectivity index (χ0n) is 12.6. The summed E-state index contributed by atoms with van der Waals surface area (Å²) >= 11 is 0. The normalized spacial score (nSPS) is 21.8. The Labute approximate surface area is 128 Å². The summed E-state index contributed by atoms with van der Waals surface area (Å²) < 4.78 is 18.8. The molecule has 2 unspecified atom stereocenters. The number of ether oxygens (including phenoxy) is 1. The van der Waals surface area contributed by atoms with Crippen LogP contribution in [0.1, 0.15) is 25.7 Å². The number of nitrogens with zero attached hydrogens (tertiary/aromatic N) is 2. The predicted octanol–water partition coefficient (Wildman–Crippen LogP) is 2.74. The standard InChI is InChI=1S/C16H20FN3O2/c1-22-15-6-12-14(7-13(15)17)19-9-20-16(12)18-8-10-3-2-4-11(21)5-10/h6-7,9-11,21H,2-5,8H2,1H3,(H,18,19,20). The number of hydrogen-bond acceptors (Lipinski definition) is 5. The summed E-state index contributed by atoms with van der Waals surface area (Å²) in [6.07, 6.45) is 5.09. The van der Waals surface area contributed by atoms with Gasteiger partial charge < -0.3 is 15.2 Å². The Morgan fingerprint density at radius 3 is 3.00 bits per heavy atom. The molecule has 1 saturated carbocycles. The molecule has 3 rings (SSSR count). The van der Waals surface area contributed by atoms with E-state index in [9.17, 15) is 9.50 Å². The van der Waals surface area contributed by atoms with E-state index in [0.717, 1.165) is 37.6 Å². The van der Waals surface area contributed by atoms with E-state index in [1.54, 1.807) is 6.07 Å². The van der Waals surface area contributed by atoms with Crippen molar-refractivity contribution in [3.8, 4) is 5.75 Å². The first-order valence-electron chi connectivity index (χ1n) is 7.57. The lowest BCUT2D eigenvalue weighted by atomic mass is 9.87. The van der Waals surface area contributed by atoms with E-state index in [4.69, 9.17) is 4.74 Å². The van der Waals surface area contributed by atoms with Gasteiger partial charge in [-0.05, 0) is 31.2 Å². The minimum Gasteiger partial charge on any atom is -0.494 e. The minimum absolute atomic E-state index is 0.179. The van der Waals surface area contributed by atoms with Gasteiger partial charge in [0.05, 0.1) is 18.7 Å². The Hall–Kier alpha value is -1.95. The summed E-state index contributed by atoms with van der Waals surface area (Å²) in [5.74, 6) is 0.841. The number of fused-ring (bicyclic) bond motifs is 1. The van der Waals surface area contributed by atoms with Crippen LogP contribution in [0.3, 0.4) is 0 Å². The van der Waals surface area contributed by atoms with Crippen LogP contribution in [0.15, 0.2) is 18.5 Å². The van der Waals surface area contributed by atoms with Crippen molar-refractivity contribution in [1.29, 1.82) is 0 Å². The molecule has 118 valence electrons. The third-order valence-corrected chi connectivity index (χ3v) is 4.22. The largest absolute Gasteiger partial charge is 0.494 e. The number of aromatic nitrogens is 2. The highest BCUT2D eigenvalue weighted by molar-refractivity contribution is 5.90. The lowest BCUT2D eigenvalue weighted by molar-refractivity contribution is 0.104. The Morgan fingerprint density at radius 1 is 1.36 bits per heavy atom. The highest BCUT2D eigenvalue weighted by Crippen LogP contribution is 2.29. The zero-order chi connectivity index (χ0) is 15.5. The van der Waals surface area contributed by atoms with Gasteiger partial charge in [0.2, 0.25) is 0 Å². The second-order valence-electron chi connectivity index (χ2n) is 5.79. The third-order valence-electron chi connectivity index (χ3n) is 4.22. The van der Waals surface area contributed by atoms with Gasteiger partial charge in [0.25, 0.3) is 0 Å². The number of rotatable bonds is 4. The quantitative estimate of drug-likeness (QED) is 0.909. The van der Waals surface area contributed by atoms with Crippen molar-refractivity contribution in [2.45, 2.75) is 31.8 Å². The lowest BCUT2D eigenvalue weighted by Gasteiger charge is -2.26. The van der Waals surface area contributed by atoms with Gasteiger partial charge in [-0.1, -0.05) is 6.42 Å². The fourth-order valence-electron chi connectivity index (χ4n) is 3.04. The van der Waals surface area contributed by atoms with E-state index in [1.807, 2.05) is 0 Å². The zero-order valence-corrected chi connectivity index (χ0v) is 12.6. The first kappa shape index (κ1) is 15.0. The van der Waals surface area contributed by atoms with Gasteiger partial charge in [-0.25, -0.2) is 14.4 Å². The van der Waals surface area contributed by atoms with Crippen LogP contribution < -0.4 is 10.1 Å². The number of methoxy groups -OCH3 is 1. The highest BCUT2D eigenvalue weighted by Gasteiger charge is 2.20. The van der Waals surface area contributed by atoms with E-state index in [2.05, 4.69) is 15.3 Å². The fourth-order valence-corrected chi connectivity index (χ4v) is 3.04. The van der Waals surface area contributed by atoms with Crippen LogP contribution in [0.2, 0.25) is 0 Å². The maximum Gasteiger partial charge on any atom is 0.167 e. The molecule has 0 saturated heterocycles. The van der Waals surface area contributed by atoms with Gasteiger partial charge in [-0.2, -0.15) is 0 Å². The van der Waals surface area contributed by atoms with Crippen molar-refractivity contribution < 1.29 is 14.2 Å². The van der Waals surface area contributed by atoms with Crippen LogP contribution in [0.5, 0.6) is 5.75 Å². The number of aliphatic hydroxyl groups is 1. The first-order valence-corrected chi connectivity index (χ1v) is 7.57. The number of halogens is 1. The van der Waals surface area contributed by atoms with Crippen molar-refractivity contribution in [3.05, 3.63) is 24.3 Å². The van der Waals surface area contributed by atoms with Crippen LogP contribution in [-0.2, 0) is 0 Å². The third kappa shape index (κ3) is 3.11. The molecule has 2 N–H and O–H groups in total. The van der Waals surface area contributed by atoms with E-state index in [0.29, 0.717) is 17.3 Å². The molecule has 1 heterocycles. The monoisotopic (exact) mass is 305 g/mol. The van der Waals surface area contributed by atoms with Gasteiger partial charge in [-0.3, -0.25) is 0 Å². The van der Waals surface area contributed by atoms with Gasteiger partial charge in [0, 0.05) is 18.0 Å². The number of hydrogen-bond donors (Lipinski definition) is 2. The molecule has 1 fully saturated rings. The molecule has 0 spiro atoms. The molecule has 2 atom stereocenters. The molecule has 1 aromatic heterocycles. The number of aliphatic hydroxyl groups excluding tert-OH is 1. The summed E-state index contributed by atoms with van der Waals surface area (Å²) in [5.41, 5.74) is 0.541. The van der Waals surface area contributed by atoms with Crippen molar-refractivity contribution in [2.24, 2.45) is 5.92 Å². The average Bonchev–Trinajstić information content (AvgIpc) is 2.52. The maximum absolute atomic E-state index is 13.7. The van der Waals surface area contributed by atoms with Crippen LogP contribution in [0, 0.1) is 11.7 Å². The molecule has 5 nitrogen and oxygen atoms in total. The molecule has 22 heavy (non-hydrogen) atoms. The molecular weight excluding hydrogens is 285 g/mol. The van der Waals surface area contributed by atoms with Gasteiger partial charge in [-0.15, -0.1) is 0 Å². The summed E-state index contributed by atoms with van der Waals surface area (Å²) in [6, 6.07) is 2.97. The van der Waals surface area contributed by atoms with Gasteiger partial charge in [0.1, 0.15) is 12.1 Å². The molecule has 2 aromatic rings. The Kier molecular flexibility index (Phi) is 4.38. The van der Waals surface area contributed by atoms with E-state index < -0.39 is 5.82 Å². The van der Waals surface area contributed by atoms with E-state index in [1.165, 1.54) is 19.5 Å². The molecule has 0 bridgehead atoms. The summed E-state index contributed by atoms with van der Waals surface area (Å²) in [5, 5.41) is 13.8. The Balaban J connectivity index is 1.81. The highest BCUT2D eigenvalue weighted by atomic mass is 19.1. The maximum atomic E-state index is 13.7. The van der Waals surface area contributed by atoms with E-state index >= 15 is 0 Å². The molecule has 1 aliphatic carbocycles. The Morgan fingerprint density at radius 2 is 2.23 bits per heavy atom. The van der Waals surface area contributed by atoms with E-state index in [-0.39, 0.29) is 11.9 Å². The molecule has 0 amide bonds. The topological polar surface area (TPSA) is 67.3 Å². The van der Waals surface area contributed by atoms with Crippen LogP contribution in [0.25, 0.3) is 10.9 Å². The SMILES string of the molecule is COc1cc2c(NCC3CCCC(O)C3)ncnc2cc1F. The van der Waals surface area contributed by atoms with Crippen LogP contribution >= 0.6 is 0 Å². The Bertz CT molecular complexity index is 665. The molecule has 6 heteroatoms. The number of benzene rings is 1. The molecule has 0 radical (unpaired) electrons. The predicted molar refractivity (Wildman–Crippen MR) is 82.5 cm³/mol. The van der Waals surface area contributed by atoms with Gasteiger partial charge >= 0.3 is 0 Å². The lowest BCUT2D eigenvalue weighted by Crippen LogP contribution is -2.25. The van der Waals surface area contributed by atoms with Gasteiger partial charge in [0.15, 0.2) is 11.6 Å². The second kappa shape index (κ2) is 6.44. The summed E-state index contributed by atoms with van der Waals surface area (Å²) in [4.78, 5) is 8.35.